The van der Waals surface area contributed by atoms with E-state index in [1.807, 2.05) is 19.9 Å². The van der Waals surface area contributed by atoms with E-state index < -0.39 is 11.7 Å². The number of nitriles is 1. The fraction of sp³-hybridized carbons (Fsp3) is 0.476. The molecule has 0 aromatic carbocycles. The number of piperidine rings is 1. The summed E-state index contributed by atoms with van der Waals surface area (Å²) in [6.45, 7) is 4.89. The summed E-state index contributed by atoms with van der Waals surface area (Å²) in [4.78, 5) is 26.8. The van der Waals surface area contributed by atoms with Crippen molar-refractivity contribution < 1.29 is 18.0 Å². The largest absolute Gasteiger partial charge is 0.416 e. The second-order valence-electron chi connectivity index (χ2n) is 7.76. The lowest BCUT2D eigenvalue weighted by Crippen LogP contribution is -2.39. The summed E-state index contributed by atoms with van der Waals surface area (Å²) >= 11 is 0. The van der Waals surface area contributed by atoms with Crippen LogP contribution in [0.15, 0.2) is 24.4 Å². The van der Waals surface area contributed by atoms with Crippen LogP contribution in [0, 0.1) is 11.3 Å². The van der Waals surface area contributed by atoms with E-state index in [4.69, 9.17) is 5.26 Å². The van der Waals surface area contributed by atoms with Crippen LogP contribution in [0.4, 0.5) is 24.8 Å². The molecule has 1 unspecified atom stereocenters. The second kappa shape index (κ2) is 9.29. The van der Waals surface area contributed by atoms with Crippen LogP contribution in [0.2, 0.25) is 0 Å². The zero-order valence-electron chi connectivity index (χ0n) is 17.3. The van der Waals surface area contributed by atoms with Crippen molar-refractivity contribution in [3.05, 3.63) is 41.5 Å². The first kappa shape index (κ1) is 22.5. The molecule has 164 valence electrons. The van der Waals surface area contributed by atoms with Crippen molar-refractivity contribution in [3.8, 4) is 6.07 Å². The van der Waals surface area contributed by atoms with Crippen molar-refractivity contribution in [2.45, 2.75) is 51.1 Å². The minimum absolute atomic E-state index is 0.00474. The van der Waals surface area contributed by atoms with Gasteiger partial charge >= 0.3 is 6.18 Å². The van der Waals surface area contributed by atoms with Gasteiger partial charge in [-0.3, -0.25) is 4.79 Å². The molecule has 1 atom stereocenters. The van der Waals surface area contributed by atoms with Crippen molar-refractivity contribution in [1.82, 2.24) is 19.9 Å². The average molecular weight is 432 g/mol. The molecule has 0 bridgehead atoms. The first-order chi connectivity index (χ1) is 14.7. The van der Waals surface area contributed by atoms with Gasteiger partial charge < -0.3 is 10.2 Å². The van der Waals surface area contributed by atoms with E-state index in [0.29, 0.717) is 30.4 Å². The van der Waals surface area contributed by atoms with Crippen molar-refractivity contribution in [1.29, 1.82) is 5.26 Å². The molecule has 2 aromatic heterocycles. The molecule has 31 heavy (non-hydrogen) atoms. The van der Waals surface area contributed by atoms with E-state index in [2.05, 4.69) is 20.3 Å². The van der Waals surface area contributed by atoms with Gasteiger partial charge in [0.15, 0.2) is 0 Å². The number of carbonyl (C=O) groups is 1. The summed E-state index contributed by atoms with van der Waals surface area (Å²) in [5.41, 5.74) is -0.0927. The van der Waals surface area contributed by atoms with Crippen molar-refractivity contribution in [3.63, 3.8) is 0 Å². The predicted molar refractivity (Wildman–Crippen MR) is 107 cm³/mol. The number of alkyl halides is 3. The Labute approximate surface area is 178 Å². The maximum Gasteiger partial charge on any atom is 0.416 e. The SMILES string of the molecule is CC(C)c1nc(Nc2cc(C(F)(F)F)ccn2)cc(C2CCCN(C(=O)CC#N)C2)n1. The van der Waals surface area contributed by atoms with Gasteiger partial charge in [-0.2, -0.15) is 18.4 Å². The van der Waals surface area contributed by atoms with Crippen LogP contribution in [0.1, 0.15) is 62.0 Å². The highest BCUT2D eigenvalue weighted by Crippen LogP contribution is 2.32. The molecule has 7 nitrogen and oxygen atoms in total. The molecule has 1 N–H and O–H groups in total. The van der Waals surface area contributed by atoms with Gasteiger partial charge in [0.2, 0.25) is 5.91 Å². The van der Waals surface area contributed by atoms with Gasteiger partial charge in [-0.1, -0.05) is 13.8 Å². The molecule has 3 heterocycles. The maximum atomic E-state index is 13.0. The monoisotopic (exact) mass is 432 g/mol. The number of nitrogens with one attached hydrogen (secondary N) is 1. The first-order valence-corrected chi connectivity index (χ1v) is 10.0. The molecular weight excluding hydrogens is 409 g/mol. The van der Waals surface area contributed by atoms with E-state index in [1.165, 1.54) is 0 Å². The van der Waals surface area contributed by atoms with Gasteiger partial charge in [0.1, 0.15) is 23.9 Å². The highest BCUT2D eigenvalue weighted by molar-refractivity contribution is 5.78. The highest BCUT2D eigenvalue weighted by atomic mass is 19.4. The number of carbonyl (C=O) groups excluding carboxylic acids is 1. The van der Waals surface area contributed by atoms with Gasteiger partial charge in [-0.15, -0.1) is 0 Å². The Bertz CT molecular complexity index is 986. The third-order valence-corrected chi connectivity index (χ3v) is 5.05. The number of pyridine rings is 1. The van der Waals surface area contributed by atoms with Gasteiger partial charge in [-0.25, -0.2) is 15.0 Å². The van der Waals surface area contributed by atoms with Gasteiger partial charge in [0, 0.05) is 37.2 Å². The molecule has 0 aliphatic carbocycles. The summed E-state index contributed by atoms with van der Waals surface area (Å²) in [5, 5.41) is 11.7. The van der Waals surface area contributed by atoms with Gasteiger partial charge in [0.05, 0.1) is 17.3 Å². The van der Waals surface area contributed by atoms with E-state index >= 15 is 0 Å². The molecule has 3 rings (SSSR count). The second-order valence-corrected chi connectivity index (χ2v) is 7.76. The van der Waals surface area contributed by atoms with Crippen molar-refractivity contribution >= 4 is 17.5 Å². The van der Waals surface area contributed by atoms with Crippen LogP contribution in [0.3, 0.4) is 0 Å². The minimum atomic E-state index is -4.47. The number of amides is 1. The van der Waals surface area contributed by atoms with E-state index in [9.17, 15) is 18.0 Å². The standard InChI is InChI=1S/C21H23F3N6O/c1-13(2)20-27-16(14-4-3-9-30(12-14)19(31)5-7-25)11-18(29-20)28-17-10-15(6-8-26-17)21(22,23)24/h6,8,10-11,13-14H,3-5,9,12H2,1-2H3,(H,26,27,28,29). The summed E-state index contributed by atoms with van der Waals surface area (Å²) in [6.07, 6.45) is -1.95. The Morgan fingerprint density at radius 3 is 2.77 bits per heavy atom. The number of anilines is 2. The number of nitrogens with zero attached hydrogens (tertiary/aromatic N) is 5. The average Bonchev–Trinajstić information content (AvgIpc) is 2.73. The first-order valence-electron chi connectivity index (χ1n) is 10.0. The smallest absolute Gasteiger partial charge is 0.341 e. The third kappa shape index (κ3) is 5.69. The Morgan fingerprint density at radius 1 is 1.32 bits per heavy atom. The highest BCUT2D eigenvalue weighted by Gasteiger charge is 2.31. The molecule has 0 radical (unpaired) electrons. The van der Waals surface area contributed by atoms with Gasteiger partial charge in [0.25, 0.3) is 0 Å². The van der Waals surface area contributed by atoms with Crippen LogP contribution in [0.25, 0.3) is 0 Å². The molecule has 1 saturated heterocycles. The molecule has 0 saturated carbocycles. The Kier molecular flexibility index (Phi) is 6.73. The number of likely N-dealkylation sites (tertiary alicyclic amines) is 1. The molecule has 1 aliphatic heterocycles. The molecule has 10 heteroatoms. The Hall–Kier alpha value is -3.22. The molecule has 2 aromatic rings. The third-order valence-electron chi connectivity index (χ3n) is 5.05. The molecular formula is C21H23F3N6O. The number of aromatic nitrogens is 3. The van der Waals surface area contributed by atoms with Crippen LogP contribution < -0.4 is 5.32 Å². The van der Waals surface area contributed by atoms with E-state index in [0.717, 1.165) is 31.2 Å². The van der Waals surface area contributed by atoms with E-state index in [-0.39, 0.29) is 30.0 Å². The quantitative estimate of drug-likeness (QED) is 0.754. The Morgan fingerprint density at radius 2 is 2.10 bits per heavy atom. The van der Waals surface area contributed by atoms with E-state index in [1.54, 1.807) is 11.0 Å². The van der Waals surface area contributed by atoms with Crippen LogP contribution in [-0.2, 0) is 11.0 Å². The number of rotatable bonds is 5. The lowest BCUT2D eigenvalue weighted by atomic mass is 9.94. The lowest BCUT2D eigenvalue weighted by molar-refractivity contribution is -0.137. The normalized spacial score (nSPS) is 16.8. The number of hydrogen-bond acceptors (Lipinski definition) is 6. The van der Waals surface area contributed by atoms with Crippen LogP contribution in [0.5, 0.6) is 0 Å². The fourth-order valence-corrected chi connectivity index (χ4v) is 3.45. The number of hydrogen-bond donors (Lipinski definition) is 1. The van der Waals surface area contributed by atoms with Crippen molar-refractivity contribution in [2.75, 3.05) is 18.4 Å². The summed E-state index contributed by atoms with van der Waals surface area (Å²) in [5.74, 6) is 0.663. The Balaban J connectivity index is 1.88. The maximum absolute atomic E-state index is 13.0. The number of halogens is 3. The lowest BCUT2D eigenvalue weighted by Gasteiger charge is -2.32. The summed E-state index contributed by atoms with van der Waals surface area (Å²) in [7, 11) is 0. The summed E-state index contributed by atoms with van der Waals surface area (Å²) in [6, 6.07) is 5.41. The van der Waals surface area contributed by atoms with Crippen LogP contribution >= 0.6 is 0 Å². The minimum Gasteiger partial charge on any atom is -0.341 e. The summed E-state index contributed by atoms with van der Waals surface area (Å²) < 4.78 is 39.0. The molecule has 1 fully saturated rings. The topological polar surface area (TPSA) is 94.8 Å². The zero-order valence-corrected chi connectivity index (χ0v) is 17.3. The molecule has 1 amide bonds. The van der Waals surface area contributed by atoms with Crippen LogP contribution in [-0.4, -0.2) is 38.8 Å². The zero-order chi connectivity index (χ0) is 22.6. The van der Waals surface area contributed by atoms with Crippen molar-refractivity contribution in [2.24, 2.45) is 0 Å². The molecule has 0 spiro atoms. The molecule has 1 aliphatic rings. The van der Waals surface area contributed by atoms with Gasteiger partial charge in [-0.05, 0) is 25.0 Å². The predicted octanol–water partition coefficient (Wildman–Crippen LogP) is 4.38. The fourth-order valence-electron chi connectivity index (χ4n) is 3.45.